The molecule has 2 rings (SSSR count). The van der Waals surface area contributed by atoms with Gasteiger partial charge in [0.05, 0.1) is 0 Å². The topological polar surface area (TPSA) is 41.1 Å². The Labute approximate surface area is 132 Å². The minimum absolute atomic E-state index is 0.0165. The van der Waals surface area contributed by atoms with Gasteiger partial charge in [0.2, 0.25) is 5.91 Å². The van der Waals surface area contributed by atoms with E-state index in [1.807, 2.05) is 31.3 Å². The molecule has 1 amide bonds. The van der Waals surface area contributed by atoms with Gasteiger partial charge in [0.1, 0.15) is 0 Å². The Balaban J connectivity index is 1.75. The zero-order valence-corrected chi connectivity index (χ0v) is 13.5. The first-order chi connectivity index (χ1) is 10.1. The lowest BCUT2D eigenvalue weighted by molar-refractivity contribution is -0.122. The van der Waals surface area contributed by atoms with Gasteiger partial charge < -0.3 is 10.6 Å². The monoisotopic (exact) mass is 308 g/mol. The third-order valence-corrected chi connectivity index (χ3v) is 4.74. The van der Waals surface area contributed by atoms with Crippen molar-refractivity contribution in [2.24, 2.45) is 0 Å². The number of carbonyl (C=O) groups excluding carboxylic acids is 1. The largest absolute Gasteiger partial charge is 0.356 e. The molecule has 0 spiro atoms. The van der Waals surface area contributed by atoms with Crippen molar-refractivity contribution < 1.29 is 4.79 Å². The second-order valence-corrected chi connectivity index (χ2v) is 6.43. The molecule has 1 aromatic rings. The lowest BCUT2D eigenvalue weighted by Crippen LogP contribution is -2.48. The third kappa shape index (κ3) is 5.01. The maximum atomic E-state index is 12.1. The standard InChI is InChI=1S/C17H25ClN2O/c1-19-17(10-3-2-4-11-17)13-16(21)20-12-9-14-5-7-15(18)8-6-14/h5-8,19H,2-4,9-13H2,1H3,(H,20,21). The lowest BCUT2D eigenvalue weighted by atomic mass is 9.79. The van der Waals surface area contributed by atoms with Crippen LogP contribution in [0.5, 0.6) is 0 Å². The maximum absolute atomic E-state index is 12.1. The molecule has 2 N–H and O–H groups in total. The Kier molecular flexibility index (Phi) is 6.07. The fourth-order valence-electron chi connectivity index (χ4n) is 3.11. The molecule has 1 aromatic carbocycles. The highest BCUT2D eigenvalue weighted by Crippen LogP contribution is 2.30. The molecule has 1 saturated carbocycles. The Morgan fingerprint density at radius 1 is 1.19 bits per heavy atom. The van der Waals surface area contributed by atoms with Crippen molar-refractivity contribution in [1.29, 1.82) is 0 Å². The van der Waals surface area contributed by atoms with E-state index in [-0.39, 0.29) is 11.4 Å². The zero-order chi connectivity index (χ0) is 15.1. The molecule has 0 bridgehead atoms. The van der Waals surface area contributed by atoms with Gasteiger partial charge in [-0.1, -0.05) is 43.0 Å². The Morgan fingerprint density at radius 3 is 2.48 bits per heavy atom. The molecule has 21 heavy (non-hydrogen) atoms. The number of benzene rings is 1. The smallest absolute Gasteiger partial charge is 0.221 e. The molecule has 3 nitrogen and oxygen atoms in total. The summed E-state index contributed by atoms with van der Waals surface area (Å²) in [7, 11) is 1.98. The first kappa shape index (κ1) is 16.3. The molecule has 0 radical (unpaired) electrons. The summed E-state index contributed by atoms with van der Waals surface area (Å²) in [6, 6.07) is 7.78. The number of hydrogen-bond donors (Lipinski definition) is 2. The molecule has 0 saturated heterocycles. The van der Waals surface area contributed by atoms with Gasteiger partial charge in [0, 0.05) is 23.5 Å². The highest BCUT2D eigenvalue weighted by Gasteiger charge is 2.32. The van der Waals surface area contributed by atoms with Crippen LogP contribution in [0.15, 0.2) is 24.3 Å². The van der Waals surface area contributed by atoms with E-state index in [1.165, 1.54) is 24.8 Å². The molecular weight excluding hydrogens is 284 g/mol. The first-order valence-corrected chi connectivity index (χ1v) is 8.21. The predicted molar refractivity (Wildman–Crippen MR) is 87.7 cm³/mol. The number of hydrogen-bond acceptors (Lipinski definition) is 2. The SMILES string of the molecule is CNC1(CC(=O)NCCc2ccc(Cl)cc2)CCCCC1. The van der Waals surface area contributed by atoms with Gasteiger partial charge in [0.25, 0.3) is 0 Å². The van der Waals surface area contributed by atoms with Gasteiger partial charge in [-0.25, -0.2) is 0 Å². The van der Waals surface area contributed by atoms with Crippen molar-refractivity contribution in [3.63, 3.8) is 0 Å². The normalized spacial score (nSPS) is 17.4. The molecular formula is C17H25ClN2O. The second kappa shape index (κ2) is 7.81. The van der Waals surface area contributed by atoms with E-state index in [2.05, 4.69) is 10.6 Å². The summed E-state index contributed by atoms with van der Waals surface area (Å²) in [4.78, 5) is 12.1. The highest BCUT2D eigenvalue weighted by atomic mass is 35.5. The van der Waals surface area contributed by atoms with Crippen molar-refractivity contribution in [1.82, 2.24) is 10.6 Å². The Morgan fingerprint density at radius 2 is 1.86 bits per heavy atom. The van der Waals surface area contributed by atoms with Crippen LogP contribution in [0.1, 0.15) is 44.1 Å². The predicted octanol–water partition coefficient (Wildman–Crippen LogP) is 3.31. The van der Waals surface area contributed by atoms with Crippen LogP contribution in [-0.4, -0.2) is 25.0 Å². The number of carbonyl (C=O) groups is 1. The fourth-order valence-corrected chi connectivity index (χ4v) is 3.24. The maximum Gasteiger partial charge on any atom is 0.221 e. The summed E-state index contributed by atoms with van der Waals surface area (Å²) in [6.45, 7) is 0.681. The summed E-state index contributed by atoms with van der Waals surface area (Å²) in [5, 5.41) is 7.17. The molecule has 1 aliphatic carbocycles. The third-order valence-electron chi connectivity index (χ3n) is 4.49. The number of rotatable bonds is 6. The van der Waals surface area contributed by atoms with Crippen LogP contribution >= 0.6 is 11.6 Å². The average molecular weight is 309 g/mol. The van der Waals surface area contributed by atoms with Crippen molar-refractivity contribution in [3.8, 4) is 0 Å². The minimum Gasteiger partial charge on any atom is -0.356 e. The molecule has 1 fully saturated rings. The summed E-state index contributed by atoms with van der Waals surface area (Å²) in [5.41, 5.74) is 1.21. The van der Waals surface area contributed by atoms with Gasteiger partial charge in [0.15, 0.2) is 0 Å². The minimum atomic E-state index is 0.0165. The molecule has 0 aliphatic heterocycles. The van der Waals surface area contributed by atoms with Gasteiger partial charge in [-0.15, -0.1) is 0 Å². The van der Waals surface area contributed by atoms with Gasteiger partial charge in [-0.2, -0.15) is 0 Å². The first-order valence-electron chi connectivity index (χ1n) is 7.84. The van der Waals surface area contributed by atoms with Crippen LogP contribution in [0.3, 0.4) is 0 Å². The summed E-state index contributed by atoms with van der Waals surface area (Å²) in [6.07, 6.45) is 7.38. The molecule has 0 aromatic heterocycles. The number of nitrogens with one attached hydrogen (secondary N) is 2. The van der Waals surface area contributed by atoms with Gasteiger partial charge >= 0.3 is 0 Å². The molecule has 1 aliphatic rings. The molecule has 116 valence electrons. The van der Waals surface area contributed by atoms with E-state index in [9.17, 15) is 4.79 Å². The van der Waals surface area contributed by atoms with Crippen LogP contribution < -0.4 is 10.6 Å². The van der Waals surface area contributed by atoms with Crippen LogP contribution in [0.4, 0.5) is 0 Å². The van der Waals surface area contributed by atoms with E-state index in [1.54, 1.807) is 0 Å². The molecule has 0 heterocycles. The quantitative estimate of drug-likeness (QED) is 0.846. The molecule has 0 unspecified atom stereocenters. The summed E-state index contributed by atoms with van der Waals surface area (Å²) >= 11 is 5.86. The van der Waals surface area contributed by atoms with E-state index < -0.39 is 0 Å². The van der Waals surface area contributed by atoms with Crippen molar-refractivity contribution in [2.45, 2.75) is 50.5 Å². The fraction of sp³-hybridized carbons (Fsp3) is 0.588. The highest BCUT2D eigenvalue weighted by molar-refractivity contribution is 6.30. The van der Waals surface area contributed by atoms with Crippen molar-refractivity contribution >= 4 is 17.5 Å². The van der Waals surface area contributed by atoms with Crippen molar-refractivity contribution in [2.75, 3.05) is 13.6 Å². The summed E-state index contributed by atoms with van der Waals surface area (Å²) in [5.74, 6) is 0.153. The van der Waals surface area contributed by atoms with Crippen LogP contribution in [0, 0.1) is 0 Å². The molecule has 4 heteroatoms. The summed E-state index contributed by atoms with van der Waals surface area (Å²) < 4.78 is 0. The zero-order valence-electron chi connectivity index (χ0n) is 12.8. The Hall–Kier alpha value is -1.06. The number of amides is 1. The second-order valence-electron chi connectivity index (χ2n) is 5.99. The van der Waals surface area contributed by atoms with E-state index >= 15 is 0 Å². The van der Waals surface area contributed by atoms with E-state index in [0.717, 1.165) is 24.3 Å². The lowest BCUT2D eigenvalue weighted by Gasteiger charge is -2.36. The van der Waals surface area contributed by atoms with E-state index in [0.29, 0.717) is 13.0 Å². The average Bonchev–Trinajstić information content (AvgIpc) is 2.50. The number of halogens is 1. The Bertz CT molecular complexity index is 452. The van der Waals surface area contributed by atoms with Crippen LogP contribution in [0.25, 0.3) is 0 Å². The molecule has 0 atom stereocenters. The van der Waals surface area contributed by atoms with Crippen molar-refractivity contribution in [3.05, 3.63) is 34.9 Å². The van der Waals surface area contributed by atoms with Gasteiger partial charge in [-0.3, -0.25) is 4.79 Å². The van der Waals surface area contributed by atoms with Gasteiger partial charge in [-0.05, 0) is 44.0 Å². The van der Waals surface area contributed by atoms with Crippen LogP contribution in [-0.2, 0) is 11.2 Å². The van der Waals surface area contributed by atoms with Crippen LogP contribution in [0.2, 0.25) is 5.02 Å². The van der Waals surface area contributed by atoms with E-state index in [4.69, 9.17) is 11.6 Å².